The molecule has 7 heteroatoms. The first-order valence-corrected chi connectivity index (χ1v) is 9.54. The quantitative estimate of drug-likeness (QED) is 0.443. The van der Waals surface area contributed by atoms with Gasteiger partial charge in [0.1, 0.15) is 5.60 Å². The number of aliphatic imine (C=N–C) groups is 1. The number of methoxy groups -OCH3 is 3. The van der Waals surface area contributed by atoms with Crippen molar-refractivity contribution < 1.29 is 19.3 Å². The Kier molecular flexibility index (Phi) is 8.15. The molecule has 0 spiro atoms. The first-order chi connectivity index (χ1) is 14.0. The third kappa shape index (κ3) is 5.77. The van der Waals surface area contributed by atoms with Crippen LogP contribution in [-0.4, -0.2) is 45.5 Å². The monoisotopic (exact) mass is 401 g/mol. The van der Waals surface area contributed by atoms with E-state index in [4.69, 9.17) is 14.2 Å². The largest absolute Gasteiger partial charge is 0.493 e. The van der Waals surface area contributed by atoms with Gasteiger partial charge >= 0.3 is 0 Å². The fourth-order valence-corrected chi connectivity index (χ4v) is 2.95. The van der Waals surface area contributed by atoms with Crippen LogP contribution in [0, 0.1) is 0 Å². The lowest BCUT2D eigenvalue weighted by atomic mass is 9.96. The zero-order valence-electron chi connectivity index (χ0n) is 17.8. The lowest BCUT2D eigenvalue weighted by Gasteiger charge is -2.25. The highest BCUT2D eigenvalue weighted by molar-refractivity contribution is 5.80. The summed E-state index contributed by atoms with van der Waals surface area (Å²) in [5.41, 5.74) is 0.667. The molecule has 1 atom stereocenters. The molecule has 0 heterocycles. The fourth-order valence-electron chi connectivity index (χ4n) is 2.95. The summed E-state index contributed by atoms with van der Waals surface area (Å²) in [5, 5.41) is 17.2. The fraction of sp³-hybridized carbons (Fsp3) is 0.409. The van der Waals surface area contributed by atoms with Crippen molar-refractivity contribution in [2.75, 3.05) is 34.4 Å². The molecular formula is C22H31N3O4. The van der Waals surface area contributed by atoms with Crippen molar-refractivity contribution in [1.29, 1.82) is 0 Å². The van der Waals surface area contributed by atoms with Crippen molar-refractivity contribution in [3.8, 4) is 17.2 Å². The highest BCUT2D eigenvalue weighted by Crippen LogP contribution is 2.39. The third-order valence-electron chi connectivity index (χ3n) is 4.53. The standard InChI is InChI=1S/C22H31N3O4/c1-6-23-21(25-15-22(2,26)17-10-8-7-9-11-17)24-14-16-12-13-18(27-3)20(29-5)19(16)28-4/h7-13,26H,6,14-15H2,1-5H3,(H2,23,24,25). The zero-order chi connectivity index (χ0) is 21.3. The number of rotatable bonds is 9. The van der Waals surface area contributed by atoms with Crippen molar-refractivity contribution in [2.24, 2.45) is 4.99 Å². The van der Waals surface area contributed by atoms with Gasteiger partial charge in [-0.25, -0.2) is 4.99 Å². The molecule has 0 bridgehead atoms. The van der Waals surface area contributed by atoms with E-state index >= 15 is 0 Å². The Labute approximate surface area is 172 Å². The van der Waals surface area contributed by atoms with Crippen LogP contribution in [0.25, 0.3) is 0 Å². The Balaban J connectivity index is 2.17. The first-order valence-electron chi connectivity index (χ1n) is 9.54. The van der Waals surface area contributed by atoms with Gasteiger partial charge in [0.15, 0.2) is 17.5 Å². The maximum absolute atomic E-state index is 10.8. The molecule has 7 nitrogen and oxygen atoms in total. The Morgan fingerprint density at radius 3 is 2.24 bits per heavy atom. The van der Waals surface area contributed by atoms with Crippen LogP contribution < -0.4 is 24.8 Å². The van der Waals surface area contributed by atoms with Crippen molar-refractivity contribution >= 4 is 5.96 Å². The molecule has 0 aliphatic carbocycles. The number of benzene rings is 2. The molecule has 0 saturated carbocycles. The molecule has 0 aliphatic heterocycles. The Bertz CT molecular complexity index is 807. The van der Waals surface area contributed by atoms with Gasteiger partial charge in [-0.3, -0.25) is 0 Å². The normalized spacial score (nSPS) is 13.4. The van der Waals surface area contributed by atoms with Gasteiger partial charge in [-0.2, -0.15) is 0 Å². The summed E-state index contributed by atoms with van der Waals surface area (Å²) in [5.74, 6) is 2.32. The highest BCUT2D eigenvalue weighted by Gasteiger charge is 2.23. The van der Waals surface area contributed by atoms with E-state index in [1.807, 2.05) is 49.4 Å². The van der Waals surface area contributed by atoms with Crippen LogP contribution in [0.5, 0.6) is 17.2 Å². The van der Waals surface area contributed by atoms with Gasteiger partial charge in [0.05, 0.1) is 34.4 Å². The van der Waals surface area contributed by atoms with E-state index in [1.54, 1.807) is 28.3 Å². The van der Waals surface area contributed by atoms with Gasteiger partial charge in [-0.05, 0) is 31.5 Å². The second-order valence-corrected chi connectivity index (χ2v) is 6.68. The molecule has 0 aliphatic rings. The van der Waals surface area contributed by atoms with Crippen LogP contribution >= 0.6 is 0 Å². The molecule has 0 radical (unpaired) electrons. The van der Waals surface area contributed by atoms with Crippen molar-refractivity contribution in [3.63, 3.8) is 0 Å². The second-order valence-electron chi connectivity index (χ2n) is 6.68. The highest BCUT2D eigenvalue weighted by atomic mass is 16.5. The predicted octanol–water partition coefficient (Wildman–Crippen LogP) is 2.68. The SMILES string of the molecule is CCNC(=NCc1ccc(OC)c(OC)c1OC)NCC(C)(O)c1ccccc1. The molecule has 1 unspecified atom stereocenters. The molecule has 3 N–H and O–H groups in total. The van der Waals surface area contributed by atoms with Crippen molar-refractivity contribution in [2.45, 2.75) is 26.0 Å². The smallest absolute Gasteiger partial charge is 0.203 e. The van der Waals surface area contributed by atoms with Crippen LogP contribution in [0.3, 0.4) is 0 Å². The summed E-state index contributed by atoms with van der Waals surface area (Å²) >= 11 is 0. The van der Waals surface area contributed by atoms with Crippen molar-refractivity contribution in [1.82, 2.24) is 10.6 Å². The molecule has 0 fully saturated rings. The number of nitrogens with zero attached hydrogens (tertiary/aromatic N) is 1. The summed E-state index contributed by atoms with van der Waals surface area (Å²) in [6.07, 6.45) is 0. The molecule has 0 amide bonds. The van der Waals surface area contributed by atoms with Crippen molar-refractivity contribution in [3.05, 3.63) is 53.6 Å². The number of hydrogen-bond donors (Lipinski definition) is 3. The third-order valence-corrected chi connectivity index (χ3v) is 4.53. The Morgan fingerprint density at radius 2 is 1.66 bits per heavy atom. The number of ether oxygens (including phenoxy) is 3. The van der Waals surface area contributed by atoms with Crippen LogP contribution in [0.2, 0.25) is 0 Å². The summed E-state index contributed by atoms with van der Waals surface area (Å²) in [6.45, 7) is 5.14. The van der Waals surface area contributed by atoms with Crippen LogP contribution in [-0.2, 0) is 12.1 Å². The predicted molar refractivity (Wildman–Crippen MR) is 115 cm³/mol. The van der Waals surface area contributed by atoms with Gasteiger partial charge in [-0.15, -0.1) is 0 Å². The lowest BCUT2D eigenvalue weighted by molar-refractivity contribution is 0.0617. The summed E-state index contributed by atoms with van der Waals surface area (Å²) < 4.78 is 16.3. The Morgan fingerprint density at radius 1 is 0.966 bits per heavy atom. The molecule has 2 aromatic carbocycles. The van der Waals surface area contributed by atoms with E-state index in [0.29, 0.717) is 42.8 Å². The van der Waals surface area contributed by atoms with E-state index in [-0.39, 0.29) is 0 Å². The maximum atomic E-state index is 10.8. The van der Waals surface area contributed by atoms with Gasteiger partial charge in [0.25, 0.3) is 0 Å². The molecule has 29 heavy (non-hydrogen) atoms. The summed E-state index contributed by atoms with van der Waals surface area (Å²) in [7, 11) is 4.75. The lowest BCUT2D eigenvalue weighted by Crippen LogP contribution is -2.44. The second kappa shape index (κ2) is 10.6. The van der Waals surface area contributed by atoms with E-state index in [1.165, 1.54) is 0 Å². The first kappa shape index (κ1) is 22.4. The van der Waals surface area contributed by atoms with Crippen LogP contribution in [0.1, 0.15) is 25.0 Å². The van der Waals surface area contributed by atoms with E-state index < -0.39 is 5.60 Å². The Hall–Kier alpha value is -2.93. The minimum atomic E-state index is -1.03. The van der Waals surface area contributed by atoms with E-state index in [0.717, 1.165) is 11.1 Å². The molecular weight excluding hydrogens is 370 g/mol. The van der Waals surface area contributed by atoms with Crippen LogP contribution in [0.15, 0.2) is 47.5 Å². The zero-order valence-corrected chi connectivity index (χ0v) is 17.8. The van der Waals surface area contributed by atoms with Crippen LogP contribution in [0.4, 0.5) is 0 Å². The van der Waals surface area contributed by atoms with Gasteiger partial charge in [0.2, 0.25) is 5.75 Å². The molecule has 158 valence electrons. The van der Waals surface area contributed by atoms with E-state index in [2.05, 4.69) is 15.6 Å². The number of nitrogens with one attached hydrogen (secondary N) is 2. The number of hydrogen-bond acceptors (Lipinski definition) is 5. The minimum Gasteiger partial charge on any atom is -0.493 e. The topological polar surface area (TPSA) is 84.3 Å². The molecule has 0 aromatic heterocycles. The summed E-state index contributed by atoms with van der Waals surface area (Å²) in [6, 6.07) is 13.3. The minimum absolute atomic E-state index is 0.311. The number of guanidine groups is 1. The van der Waals surface area contributed by atoms with Gasteiger partial charge in [0, 0.05) is 12.1 Å². The van der Waals surface area contributed by atoms with Gasteiger partial charge in [-0.1, -0.05) is 30.3 Å². The average Bonchev–Trinajstić information content (AvgIpc) is 2.75. The molecule has 0 saturated heterocycles. The average molecular weight is 402 g/mol. The van der Waals surface area contributed by atoms with Gasteiger partial charge < -0.3 is 30.0 Å². The maximum Gasteiger partial charge on any atom is 0.203 e. The number of aliphatic hydroxyl groups is 1. The van der Waals surface area contributed by atoms with E-state index in [9.17, 15) is 5.11 Å². The summed E-state index contributed by atoms with van der Waals surface area (Å²) in [4.78, 5) is 4.63. The molecule has 2 aromatic rings. The molecule has 2 rings (SSSR count).